The van der Waals surface area contributed by atoms with Crippen LogP contribution in [0.5, 0.6) is 0 Å². The lowest BCUT2D eigenvalue weighted by Crippen LogP contribution is -2.45. The first-order valence-corrected chi connectivity index (χ1v) is 10.4. The standard InChI is InChI=1S/C22H37N5O2/c1-16(27(6)19-11-12-19)15-25-20(23-5)24-14-13-17-7-9-18(10-8-17)26-21(28)29-22(2,3)4/h7-10,16,19H,11-15H2,1-6H3,(H,26,28)(H2,23,24,25). The molecule has 1 amide bonds. The fourth-order valence-corrected chi connectivity index (χ4v) is 2.95. The summed E-state index contributed by atoms with van der Waals surface area (Å²) < 4.78 is 5.26. The van der Waals surface area contributed by atoms with Crippen molar-refractivity contribution in [2.45, 2.75) is 64.6 Å². The van der Waals surface area contributed by atoms with E-state index in [2.05, 4.69) is 39.8 Å². The Kier molecular flexibility index (Phi) is 8.32. The van der Waals surface area contributed by atoms with Gasteiger partial charge in [-0.05, 0) is 71.7 Å². The van der Waals surface area contributed by atoms with Gasteiger partial charge in [-0.25, -0.2) is 4.79 Å². The molecule has 1 atom stereocenters. The highest BCUT2D eigenvalue weighted by atomic mass is 16.6. The summed E-state index contributed by atoms with van der Waals surface area (Å²) in [5.41, 5.74) is 1.40. The number of carbonyl (C=O) groups excluding carboxylic acids is 1. The summed E-state index contributed by atoms with van der Waals surface area (Å²) in [6, 6.07) is 9.04. The van der Waals surface area contributed by atoms with Crippen LogP contribution in [0.2, 0.25) is 0 Å². The molecule has 7 heteroatoms. The Bertz CT molecular complexity index is 677. The van der Waals surface area contributed by atoms with Gasteiger partial charge in [-0.1, -0.05) is 12.1 Å². The van der Waals surface area contributed by atoms with Crippen LogP contribution in [0.1, 0.15) is 46.1 Å². The highest BCUT2D eigenvalue weighted by Gasteiger charge is 2.28. The van der Waals surface area contributed by atoms with Gasteiger partial charge in [0.1, 0.15) is 5.60 Å². The van der Waals surface area contributed by atoms with Crippen molar-refractivity contribution in [3.05, 3.63) is 29.8 Å². The van der Waals surface area contributed by atoms with Gasteiger partial charge in [0.2, 0.25) is 0 Å². The molecule has 162 valence electrons. The van der Waals surface area contributed by atoms with Crippen LogP contribution in [0.3, 0.4) is 0 Å². The normalized spacial score (nSPS) is 15.8. The molecule has 0 bridgehead atoms. The first-order chi connectivity index (χ1) is 13.7. The lowest BCUT2D eigenvalue weighted by atomic mass is 10.1. The first kappa shape index (κ1) is 23.0. The number of rotatable bonds is 8. The zero-order valence-electron chi connectivity index (χ0n) is 18.7. The molecule has 0 radical (unpaired) electrons. The summed E-state index contributed by atoms with van der Waals surface area (Å²) in [5, 5.41) is 9.51. The molecule has 0 saturated heterocycles. The van der Waals surface area contributed by atoms with E-state index >= 15 is 0 Å². The SMILES string of the molecule is CN=C(NCCc1ccc(NC(=O)OC(C)(C)C)cc1)NCC(C)N(C)C1CC1. The van der Waals surface area contributed by atoms with Crippen molar-refractivity contribution in [3.8, 4) is 0 Å². The number of carbonyl (C=O) groups is 1. The number of guanidine groups is 1. The third kappa shape index (κ3) is 8.73. The van der Waals surface area contributed by atoms with Crippen LogP contribution in [-0.2, 0) is 11.2 Å². The lowest BCUT2D eigenvalue weighted by molar-refractivity contribution is 0.0636. The van der Waals surface area contributed by atoms with E-state index in [4.69, 9.17) is 4.74 Å². The summed E-state index contributed by atoms with van der Waals surface area (Å²) in [6.07, 6.45) is 3.06. The molecule has 0 spiro atoms. The van der Waals surface area contributed by atoms with Gasteiger partial charge < -0.3 is 15.4 Å². The van der Waals surface area contributed by atoms with Gasteiger partial charge in [0.15, 0.2) is 5.96 Å². The lowest BCUT2D eigenvalue weighted by Gasteiger charge is -2.25. The molecule has 0 aromatic heterocycles. The third-order valence-electron chi connectivity index (χ3n) is 4.91. The van der Waals surface area contributed by atoms with Crippen LogP contribution in [-0.4, -0.2) is 61.8 Å². The monoisotopic (exact) mass is 403 g/mol. The highest BCUT2D eigenvalue weighted by molar-refractivity contribution is 5.84. The quantitative estimate of drug-likeness (QED) is 0.459. The maximum atomic E-state index is 11.8. The Balaban J connectivity index is 1.69. The number of aliphatic imine (C=N–C) groups is 1. The van der Waals surface area contributed by atoms with Gasteiger partial charge in [-0.3, -0.25) is 15.2 Å². The Morgan fingerprint density at radius 1 is 1.24 bits per heavy atom. The van der Waals surface area contributed by atoms with Crippen molar-refractivity contribution in [2.75, 3.05) is 32.5 Å². The predicted octanol–water partition coefficient (Wildman–Crippen LogP) is 3.22. The van der Waals surface area contributed by atoms with Crippen LogP contribution in [0, 0.1) is 0 Å². The number of nitrogens with one attached hydrogen (secondary N) is 3. The van der Waals surface area contributed by atoms with E-state index in [-0.39, 0.29) is 0 Å². The Labute approximate surface area is 175 Å². The molecule has 1 aliphatic carbocycles. The number of nitrogens with zero attached hydrogens (tertiary/aromatic N) is 2. The van der Waals surface area contributed by atoms with Gasteiger partial charge in [0.05, 0.1) is 0 Å². The molecular formula is C22H37N5O2. The predicted molar refractivity (Wildman–Crippen MR) is 120 cm³/mol. The number of hydrogen-bond donors (Lipinski definition) is 3. The molecule has 1 aliphatic rings. The topological polar surface area (TPSA) is 78.0 Å². The van der Waals surface area contributed by atoms with E-state index in [1.807, 2.05) is 45.0 Å². The fraction of sp³-hybridized carbons (Fsp3) is 0.636. The van der Waals surface area contributed by atoms with Crippen molar-refractivity contribution < 1.29 is 9.53 Å². The maximum Gasteiger partial charge on any atom is 0.412 e. The van der Waals surface area contributed by atoms with Gasteiger partial charge >= 0.3 is 6.09 Å². The molecule has 1 aromatic rings. The third-order valence-corrected chi connectivity index (χ3v) is 4.91. The molecule has 1 saturated carbocycles. The van der Waals surface area contributed by atoms with Crippen molar-refractivity contribution >= 4 is 17.7 Å². The summed E-state index contributed by atoms with van der Waals surface area (Å²) in [6.45, 7) is 9.43. The molecule has 29 heavy (non-hydrogen) atoms. The van der Waals surface area contributed by atoms with Crippen molar-refractivity contribution in [1.29, 1.82) is 0 Å². The Morgan fingerprint density at radius 3 is 2.45 bits per heavy atom. The molecule has 3 N–H and O–H groups in total. The van der Waals surface area contributed by atoms with Crippen molar-refractivity contribution in [1.82, 2.24) is 15.5 Å². The number of ether oxygens (including phenoxy) is 1. The molecule has 1 aromatic carbocycles. The van der Waals surface area contributed by atoms with Crippen LogP contribution >= 0.6 is 0 Å². The Morgan fingerprint density at radius 2 is 1.90 bits per heavy atom. The second kappa shape index (κ2) is 10.5. The molecule has 7 nitrogen and oxygen atoms in total. The summed E-state index contributed by atoms with van der Waals surface area (Å²) in [4.78, 5) is 18.6. The van der Waals surface area contributed by atoms with E-state index < -0.39 is 11.7 Å². The minimum Gasteiger partial charge on any atom is -0.444 e. The zero-order valence-corrected chi connectivity index (χ0v) is 18.7. The molecule has 1 fully saturated rings. The van der Waals surface area contributed by atoms with Crippen molar-refractivity contribution in [2.24, 2.45) is 4.99 Å². The average molecular weight is 404 g/mol. The van der Waals surface area contributed by atoms with E-state index in [0.29, 0.717) is 6.04 Å². The maximum absolute atomic E-state index is 11.8. The minimum absolute atomic E-state index is 0.441. The summed E-state index contributed by atoms with van der Waals surface area (Å²) in [7, 11) is 3.99. The molecule has 0 heterocycles. The van der Waals surface area contributed by atoms with Crippen LogP contribution in [0.25, 0.3) is 0 Å². The van der Waals surface area contributed by atoms with E-state index in [0.717, 1.165) is 37.2 Å². The summed E-state index contributed by atoms with van der Waals surface area (Å²) in [5.74, 6) is 0.823. The second-order valence-corrected chi connectivity index (χ2v) is 8.70. The number of benzene rings is 1. The summed E-state index contributed by atoms with van der Waals surface area (Å²) >= 11 is 0. The van der Waals surface area contributed by atoms with Crippen LogP contribution in [0.4, 0.5) is 10.5 Å². The van der Waals surface area contributed by atoms with Crippen LogP contribution < -0.4 is 16.0 Å². The first-order valence-electron chi connectivity index (χ1n) is 10.4. The van der Waals surface area contributed by atoms with Gasteiger partial charge in [-0.2, -0.15) is 0 Å². The molecule has 2 rings (SSSR count). The fourth-order valence-electron chi connectivity index (χ4n) is 2.95. The van der Waals surface area contributed by atoms with E-state index in [9.17, 15) is 4.79 Å². The zero-order chi connectivity index (χ0) is 21.4. The number of likely N-dealkylation sites (N-methyl/N-ethyl adjacent to an activating group) is 1. The smallest absolute Gasteiger partial charge is 0.412 e. The highest BCUT2D eigenvalue weighted by Crippen LogP contribution is 2.26. The Hall–Kier alpha value is -2.28. The molecular weight excluding hydrogens is 366 g/mol. The van der Waals surface area contributed by atoms with Gasteiger partial charge in [0, 0.05) is 37.9 Å². The average Bonchev–Trinajstić information content (AvgIpc) is 3.48. The number of hydrogen-bond acceptors (Lipinski definition) is 4. The van der Waals surface area contributed by atoms with Crippen LogP contribution in [0.15, 0.2) is 29.3 Å². The molecule has 1 unspecified atom stereocenters. The minimum atomic E-state index is -0.507. The van der Waals surface area contributed by atoms with Gasteiger partial charge in [-0.15, -0.1) is 0 Å². The number of anilines is 1. The largest absolute Gasteiger partial charge is 0.444 e. The van der Waals surface area contributed by atoms with Gasteiger partial charge in [0.25, 0.3) is 0 Å². The van der Waals surface area contributed by atoms with Crippen molar-refractivity contribution in [3.63, 3.8) is 0 Å². The number of amides is 1. The van der Waals surface area contributed by atoms with E-state index in [1.54, 1.807) is 7.05 Å². The van der Waals surface area contributed by atoms with E-state index in [1.165, 1.54) is 18.4 Å². The molecule has 0 aliphatic heterocycles. The second-order valence-electron chi connectivity index (χ2n) is 8.70.